The lowest BCUT2D eigenvalue weighted by Crippen LogP contribution is -2.38. The van der Waals surface area contributed by atoms with E-state index in [0.29, 0.717) is 17.0 Å². The Kier molecular flexibility index (Phi) is 5.37. The summed E-state index contributed by atoms with van der Waals surface area (Å²) in [5.41, 5.74) is 2.75. The number of para-hydroxylation sites is 2. The molecule has 6 nitrogen and oxygen atoms in total. The highest BCUT2D eigenvalue weighted by Gasteiger charge is 2.19. The molecule has 1 fully saturated rings. The predicted octanol–water partition coefficient (Wildman–Crippen LogP) is 3.84. The van der Waals surface area contributed by atoms with E-state index in [9.17, 15) is 9.59 Å². The zero-order valence-corrected chi connectivity index (χ0v) is 15.6. The summed E-state index contributed by atoms with van der Waals surface area (Å²) in [6, 6.07) is 15.0. The van der Waals surface area contributed by atoms with Crippen LogP contribution in [0.2, 0.25) is 0 Å². The van der Waals surface area contributed by atoms with Crippen LogP contribution in [-0.4, -0.2) is 34.5 Å². The highest BCUT2D eigenvalue weighted by Crippen LogP contribution is 2.24. The van der Waals surface area contributed by atoms with Gasteiger partial charge in [0.25, 0.3) is 5.91 Å². The molecule has 6 heteroatoms. The number of fused-ring (bicyclic) bond motifs is 1. The Hall–Kier alpha value is -3.15. The molecule has 144 valence electrons. The third kappa shape index (κ3) is 4.06. The zero-order valence-electron chi connectivity index (χ0n) is 15.6. The topological polar surface area (TPSA) is 84.1 Å². The van der Waals surface area contributed by atoms with Crippen molar-refractivity contribution in [1.82, 2.24) is 15.3 Å². The fourth-order valence-corrected chi connectivity index (χ4v) is 3.67. The van der Waals surface area contributed by atoms with E-state index < -0.39 is 5.97 Å². The van der Waals surface area contributed by atoms with Gasteiger partial charge in [-0.1, -0.05) is 49.6 Å². The van der Waals surface area contributed by atoms with Crippen molar-refractivity contribution in [2.24, 2.45) is 0 Å². The highest BCUT2D eigenvalue weighted by atomic mass is 16.5. The number of benzene rings is 2. The van der Waals surface area contributed by atoms with Crippen LogP contribution < -0.4 is 5.32 Å². The third-order valence-corrected chi connectivity index (χ3v) is 5.10. The summed E-state index contributed by atoms with van der Waals surface area (Å²) < 4.78 is 5.28. The van der Waals surface area contributed by atoms with E-state index in [1.807, 2.05) is 36.4 Å². The number of amides is 1. The molecule has 2 N–H and O–H groups in total. The largest absolute Gasteiger partial charge is 0.452 e. The van der Waals surface area contributed by atoms with Crippen molar-refractivity contribution in [1.29, 1.82) is 0 Å². The van der Waals surface area contributed by atoms with Crippen molar-refractivity contribution in [3.8, 4) is 11.4 Å². The Labute approximate surface area is 163 Å². The number of carbonyl (C=O) groups is 2. The van der Waals surface area contributed by atoms with Crippen LogP contribution in [0.5, 0.6) is 0 Å². The average molecular weight is 377 g/mol. The molecule has 0 aliphatic heterocycles. The van der Waals surface area contributed by atoms with Crippen LogP contribution in [-0.2, 0) is 9.53 Å². The summed E-state index contributed by atoms with van der Waals surface area (Å²) in [6.07, 6.45) is 5.48. The second-order valence-electron chi connectivity index (χ2n) is 7.13. The summed E-state index contributed by atoms with van der Waals surface area (Å²) in [5.74, 6) is -0.184. The van der Waals surface area contributed by atoms with Gasteiger partial charge in [0.1, 0.15) is 5.82 Å². The van der Waals surface area contributed by atoms with E-state index in [1.165, 1.54) is 6.42 Å². The molecule has 0 spiro atoms. The van der Waals surface area contributed by atoms with Crippen molar-refractivity contribution in [3.63, 3.8) is 0 Å². The number of rotatable bonds is 5. The Morgan fingerprint density at radius 3 is 2.61 bits per heavy atom. The summed E-state index contributed by atoms with van der Waals surface area (Å²) >= 11 is 0. The lowest BCUT2D eigenvalue weighted by atomic mass is 9.95. The molecule has 0 unspecified atom stereocenters. The van der Waals surface area contributed by atoms with Gasteiger partial charge in [-0.2, -0.15) is 0 Å². The Balaban J connectivity index is 1.45. The summed E-state index contributed by atoms with van der Waals surface area (Å²) in [4.78, 5) is 32.5. The number of nitrogens with zero attached hydrogens (tertiary/aromatic N) is 1. The van der Waals surface area contributed by atoms with E-state index in [4.69, 9.17) is 4.74 Å². The number of nitrogens with one attached hydrogen (secondary N) is 2. The Morgan fingerprint density at radius 1 is 1.04 bits per heavy atom. The molecule has 1 heterocycles. The van der Waals surface area contributed by atoms with E-state index in [0.717, 1.165) is 36.7 Å². The molecule has 28 heavy (non-hydrogen) atoms. The predicted molar refractivity (Wildman–Crippen MR) is 107 cm³/mol. The normalized spacial score (nSPS) is 14.7. The maximum Gasteiger partial charge on any atom is 0.339 e. The summed E-state index contributed by atoms with van der Waals surface area (Å²) in [5, 5.41) is 2.96. The number of ether oxygens (including phenoxy) is 1. The monoisotopic (exact) mass is 377 g/mol. The number of aromatic amines is 1. The number of hydrogen-bond donors (Lipinski definition) is 2. The Morgan fingerprint density at radius 2 is 1.79 bits per heavy atom. The molecular weight excluding hydrogens is 354 g/mol. The van der Waals surface area contributed by atoms with Crippen LogP contribution in [0.15, 0.2) is 48.5 Å². The molecule has 1 saturated carbocycles. The van der Waals surface area contributed by atoms with E-state index in [2.05, 4.69) is 15.3 Å². The van der Waals surface area contributed by atoms with Crippen LogP contribution in [0.4, 0.5) is 0 Å². The van der Waals surface area contributed by atoms with Crippen LogP contribution >= 0.6 is 0 Å². The molecule has 0 radical (unpaired) electrons. The molecule has 0 saturated heterocycles. The van der Waals surface area contributed by atoms with Crippen LogP contribution in [0.1, 0.15) is 42.5 Å². The number of aromatic nitrogens is 2. The minimum Gasteiger partial charge on any atom is -0.452 e. The lowest BCUT2D eigenvalue weighted by Gasteiger charge is -2.22. The molecule has 2 aromatic carbocycles. The molecule has 1 aliphatic rings. The first-order valence-corrected chi connectivity index (χ1v) is 9.71. The molecule has 4 rings (SSSR count). The number of imidazole rings is 1. The van der Waals surface area contributed by atoms with Gasteiger partial charge < -0.3 is 15.0 Å². The van der Waals surface area contributed by atoms with Gasteiger partial charge in [-0.15, -0.1) is 0 Å². The minimum absolute atomic E-state index is 0.197. The van der Waals surface area contributed by atoms with Crippen molar-refractivity contribution in [2.75, 3.05) is 6.61 Å². The summed E-state index contributed by atoms with van der Waals surface area (Å²) in [7, 11) is 0. The maximum atomic E-state index is 12.6. The molecule has 0 atom stereocenters. The fraction of sp³-hybridized carbons (Fsp3) is 0.318. The van der Waals surface area contributed by atoms with Gasteiger partial charge in [-0.3, -0.25) is 4.79 Å². The van der Waals surface area contributed by atoms with Gasteiger partial charge in [-0.25, -0.2) is 9.78 Å². The first-order valence-electron chi connectivity index (χ1n) is 9.71. The van der Waals surface area contributed by atoms with Gasteiger partial charge in [0.15, 0.2) is 6.61 Å². The average Bonchev–Trinajstić information content (AvgIpc) is 3.17. The second-order valence-corrected chi connectivity index (χ2v) is 7.13. The zero-order chi connectivity index (χ0) is 19.3. The first kappa shape index (κ1) is 18.2. The van der Waals surface area contributed by atoms with Crippen LogP contribution in [0, 0.1) is 0 Å². The van der Waals surface area contributed by atoms with E-state index >= 15 is 0 Å². The van der Waals surface area contributed by atoms with Crippen molar-refractivity contribution >= 4 is 22.9 Å². The van der Waals surface area contributed by atoms with Crippen LogP contribution in [0.25, 0.3) is 22.4 Å². The lowest BCUT2D eigenvalue weighted by molar-refractivity contribution is -0.125. The van der Waals surface area contributed by atoms with Gasteiger partial charge in [-0.05, 0) is 31.0 Å². The number of hydrogen-bond acceptors (Lipinski definition) is 4. The summed E-state index contributed by atoms with van der Waals surface area (Å²) in [6.45, 7) is -0.274. The quantitative estimate of drug-likeness (QED) is 0.662. The molecule has 0 bridgehead atoms. The first-order chi connectivity index (χ1) is 13.7. The van der Waals surface area contributed by atoms with Crippen molar-refractivity contribution in [3.05, 3.63) is 54.1 Å². The highest BCUT2D eigenvalue weighted by molar-refractivity contribution is 5.98. The number of esters is 1. The molecular formula is C22H23N3O3. The second kappa shape index (κ2) is 8.25. The minimum atomic E-state index is -0.533. The molecule has 1 amide bonds. The van der Waals surface area contributed by atoms with E-state index in [1.54, 1.807) is 12.1 Å². The molecule has 1 aliphatic carbocycles. The van der Waals surface area contributed by atoms with Gasteiger partial charge in [0, 0.05) is 11.6 Å². The number of H-pyrrole nitrogens is 1. The molecule has 3 aromatic rings. The van der Waals surface area contributed by atoms with Gasteiger partial charge in [0.2, 0.25) is 0 Å². The van der Waals surface area contributed by atoms with Crippen molar-refractivity contribution in [2.45, 2.75) is 38.1 Å². The maximum absolute atomic E-state index is 12.6. The number of carbonyl (C=O) groups excluding carboxylic acids is 2. The smallest absolute Gasteiger partial charge is 0.339 e. The van der Waals surface area contributed by atoms with Gasteiger partial charge in [0.05, 0.1) is 16.6 Å². The van der Waals surface area contributed by atoms with E-state index in [-0.39, 0.29) is 18.6 Å². The Bertz CT molecular complexity index is 956. The van der Waals surface area contributed by atoms with Gasteiger partial charge >= 0.3 is 5.97 Å². The van der Waals surface area contributed by atoms with Crippen molar-refractivity contribution < 1.29 is 14.3 Å². The SMILES string of the molecule is O=C(COC(=O)c1ccccc1-c1nc2ccccc2[nH]1)NC1CCCCC1. The van der Waals surface area contributed by atoms with Crippen LogP contribution in [0.3, 0.4) is 0 Å². The standard InChI is InChI=1S/C22H23N3O3/c26-20(23-15-8-2-1-3-9-15)14-28-22(27)17-11-5-4-10-16(17)21-24-18-12-6-7-13-19(18)25-21/h4-7,10-13,15H,1-3,8-9,14H2,(H,23,26)(H,24,25). The third-order valence-electron chi connectivity index (χ3n) is 5.10. The fourth-order valence-electron chi connectivity index (χ4n) is 3.67. The molecule has 1 aromatic heterocycles.